The summed E-state index contributed by atoms with van der Waals surface area (Å²) in [6.45, 7) is 0. The van der Waals surface area contributed by atoms with Crippen LogP contribution in [0, 0.1) is 0 Å². The molecule has 3 heteroatoms. The topological polar surface area (TPSA) is 28.7 Å². The number of aromatic amines is 1. The number of nitrogens with zero attached hydrogens (tertiary/aromatic N) is 1. The largest absolute Gasteiger partial charge is 0.333 e. The van der Waals surface area contributed by atoms with E-state index in [-0.39, 0.29) is 0 Å². The monoisotopic (exact) mass is 152 g/mol. The molecule has 0 saturated heterocycles. The van der Waals surface area contributed by atoms with Crippen LogP contribution in [0.2, 0.25) is 0 Å². The van der Waals surface area contributed by atoms with Crippen LogP contribution in [0.3, 0.4) is 0 Å². The van der Waals surface area contributed by atoms with E-state index in [9.17, 15) is 0 Å². The fraction of sp³-hybridized carbons (Fsp3) is 0.286. The minimum atomic E-state index is 0.719. The van der Waals surface area contributed by atoms with Gasteiger partial charge in [0.1, 0.15) is 0 Å². The second-order valence-electron chi connectivity index (χ2n) is 2.36. The number of allylic oxidation sites excluding steroid dienone is 1. The highest BCUT2D eigenvalue weighted by molar-refractivity contribution is 7.80. The Labute approximate surface area is 64.8 Å². The molecule has 0 fully saturated rings. The lowest BCUT2D eigenvalue weighted by atomic mass is 10.1. The Morgan fingerprint density at radius 3 is 3.30 bits per heavy atom. The van der Waals surface area contributed by atoms with Crippen molar-refractivity contribution in [2.75, 3.05) is 0 Å². The lowest BCUT2D eigenvalue weighted by Crippen LogP contribution is -1.91. The van der Waals surface area contributed by atoms with Crippen LogP contribution in [0.15, 0.2) is 11.2 Å². The lowest BCUT2D eigenvalue weighted by molar-refractivity contribution is 0.927. The minimum Gasteiger partial charge on any atom is -0.333 e. The Hall–Kier alpha value is -0.700. The summed E-state index contributed by atoms with van der Waals surface area (Å²) in [4.78, 5) is 7.27. The zero-order chi connectivity index (χ0) is 6.97. The quantitative estimate of drug-likeness (QED) is 0.544. The van der Waals surface area contributed by atoms with Gasteiger partial charge in [-0.3, -0.25) is 0 Å². The smallest absolute Gasteiger partial charge is 0.162 e. The van der Waals surface area contributed by atoms with Crippen molar-refractivity contribution in [1.29, 1.82) is 0 Å². The summed E-state index contributed by atoms with van der Waals surface area (Å²) in [7, 11) is 0. The van der Waals surface area contributed by atoms with Gasteiger partial charge in [-0.05, 0) is 18.9 Å². The third-order valence-electron chi connectivity index (χ3n) is 1.63. The van der Waals surface area contributed by atoms with Gasteiger partial charge in [0.25, 0.3) is 0 Å². The summed E-state index contributed by atoms with van der Waals surface area (Å²) in [5.74, 6) is 0. The standard InChI is InChI=1S/C7H8N2S/c10-7-8-5-3-1-2-4-6(5)9-7/h1,3H,2,4H2,(H2,8,9,10). The van der Waals surface area contributed by atoms with Crippen LogP contribution < -0.4 is 0 Å². The van der Waals surface area contributed by atoms with E-state index in [0.29, 0.717) is 0 Å². The molecule has 2 rings (SSSR count). The van der Waals surface area contributed by atoms with Gasteiger partial charge in [-0.1, -0.05) is 6.08 Å². The molecular formula is C7H8N2S. The van der Waals surface area contributed by atoms with Gasteiger partial charge in [0.2, 0.25) is 0 Å². The number of aromatic nitrogens is 2. The van der Waals surface area contributed by atoms with Gasteiger partial charge in [-0.2, -0.15) is 0 Å². The first-order valence-electron chi connectivity index (χ1n) is 3.30. The zero-order valence-corrected chi connectivity index (χ0v) is 6.36. The van der Waals surface area contributed by atoms with Gasteiger partial charge in [0, 0.05) is 0 Å². The van der Waals surface area contributed by atoms with Gasteiger partial charge >= 0.3 is 0 Å². The van der Waals surface area contributed by atoms with Crippen LogP contribution in [-0.4, -0.2) is 9.97 Å². The molecule has 0 aliphatic heterocycles. The highest BCUT2D eigenvalue weighted by atomic mass is 32.1. The number of aryl methyl sites for hydroxylation is 1. The predicted octanol–water partition coefficient (Wildman–Crippen LogP) is 1.66. The molecule has 52 valence electrons. The average molecular weight is 152 g/mol. The van der Waals surface area contributed by atoms with Crippen LogP contribution in [0.1, 0.15) is 17.8 Å². The number of fused-ring (bicyclic) bond motifs is 1. The molecular weight excluding hydrogens is 144 g/mol. The molecule has 0 aromatic carbocycles. The summed E-state index contributed by atoms with van der Waals surface area (Å²) in [6, 6.07) is 0. The molecule has 0 saturated carbocycles. The van der Waals surface area contributed by atoms with Crippen LogP contribution in [-0.2, 0) is 6.42 Å². The van der Waals surface area contributed by atoms with E-state index in [1.165, 1.54) is 0 Å². The second-order valence-corrected chi connectivity index (χ2v) is 2.79. The second kappa shape index (κ2) is 2.16. The van der Waals surface area contributed by atoms with Crippen molar-refractivity contribution >= 4 is 18.7 Å². The predicted molar refractivity (Wildman–Crippen MR) is 43.2 cm³/mol. The summed E-state index contributed by atoms with van der Waals surface area (Å²) < 4.78 is 0. The molecule has 1 aliphatic carbocycles. The van der Waals surface area contributed by atoms with Gasteiger partial charge < -0.3 is 4.98 Å². The molecule has 1 heterocycles. The number of H-pyrrole nitrogens is 1. The fourth-order valence-corrected chi connectivity index (χ4v) is 1.40. The molecule has 1 aliphatic rings. The highest BCUT2D eigenvalue weighted by Crippen LogP contribution is 2.17. The Morgan fingerprint density at radius 1 is 1.60 bits per heavy atom. The van der Waals surface area contributed by atoms with Crippen molar-refractivity contribution in [2.45, 2.75) is 18.0 Å². The summed E-state index contributed by atoms with van der Waals surface area (Å²) in [5.41, 5.74) is 2.27. The molecule has 0 unspecified atom stereocenters. The van der Waals surface area contributed by atoms with E-state index in [2.05, 4.69) is 34.7 Å². The third-order valence-corrected chi connectivity index (χ3v) is 1.84. The van der Waals surface area contributed by atoms with E-state index in [0.717, 1.165) is 29.4 Å². The number of nitrogens with one attached hydrogen (secondary N) is 1. The molecule has 0 radical (unpaired) electrons. The Bertz CT molecular complexity index is 275. The van der Waals surface area contributed by atoms with Crippen LogP contribution in [0.4, 0.5) is 0 Å². The van der Waals surface area contributed by atoms with Crippen LogP contribution >= 0.6 is 12.6 Å². The third kappa shape index (κ3) is 0.865. The first-order chi connectivity index (χ1) is 4.86. The van der Waals surface area contributed by atoms with E-state index in [1.54, 1.807) is 0 Å². The summed E-state index contributed by atoms with van der Waals surface area (Å²) in [5, 5.41) is 0.719. The zero-order valence-electron chi connectivity index (χ0n) is 5.46. The Balaban J connectivity index is 2.53. The maximum Gasteiger partial charge on any atom is 0.162 e. The van der Waals surface area contributed by atoms with Crippen molar-refractivity contribution in [1.82, 2.24) is 9.97 Å². The molecule has 0 spiro atoms. The summed E-state index contributed by atoms with van der Waals surface area (Å²) >= 11 is 4.11. The Kier molecular flexibility index (Phi) is 1.31. The first-order valence-corrected chi connectivity index (χ1v) is 3.75. The number of imidazole rings is 1. The van der Waals surface area contributed by atoms with Gasteiger partial charge in [0.15, 0.2) is 5.16 Å². The molecule has 2 nitrogen and oxygen atoms in total. The van der Waals surface area contributed by atoms with E-state index < -0.39 is 0 Å². The number of thiol groups is 1. The average Bonchev–Trinajstić information content (AvgIpc) is 2.27. The van der Waals surface area contributed by atoms with E-state index in [4.69, 9.17) is 0 Å². The van der Waals surface area contributed by atoms with Gasteiger partial charge in [-0.15, -0.1) is 12.6 Å². The molecule has 0 bridgehead atoms. The van der Waals surface area contributed by atoms with Crippen molar-refractivity contribution in [2.24, 2.45) is 0 Å². The highest BCUT2D eigenvalue weighted by Gasteiger charge is 2.07. The van der Waals surface area contributed by atoms with Crippen molar-refractivity contribution in [3.63, 3.8) is 0 Å². The van der Waals surface area contributed by atoms with Gasteiger partial charge in [-0.25, -0.2) is 4.98 Å². The van der Waals surface area contributed by atoms with Crippen molar-refractivity contribution in [3.05, 3.63) is 17.5 Å². The fourth-order valence-electron chi connectivity index (χ4n) is 1.16. The van der Waals surface area contributed by atoms with Gasteiger partial charge in [0.05, 0.1) is 11.4 Å². The van der Waals surface area contributed by atoms with E-state index in [1.807, 2.05) is 0 Å². The van der Waals surface area contributed by atoms with Crippen molar-refractivity contribution < 1.29 is 0 Å². The molecule has 10 heavy (non-hydrogen) atoms. The molecule has 1 N–H and O–H groups in total. The maximum atomic E-state index is 4.21. The number of rotatable bonds is 0. The maximum absolute atomic E-state index is 4.21. The van der Waals surface area contributed by atoms with Crippen LogP contribution in [0.25, 0.3) is 6.08 Å². The summed E-state index contributed by atoms with van der Waals surface area (Å²) in [6.07, 6.45) is 6.35. The lowest BCUT2D eigenvalue weighted by Gasteiger charge is -1.99. The molecule has 1 aromatic heterocycles. The first kappa shape index (κ1) is 6.04. The molecule has 0 amide bonds. The van der Waals surface area contributed by atoms with Crippen LogP contribution in [0.5, 0.6) is 0 Å². The SMILES string of the molecule is Sc1nc2c([nH]1)C=CCC2. The minimum absolute atomic E-state index is 0.719. The molecule has 0 atom stereocenters. The number of hydrogen-bond donors (Lipinski definition) is 2. The molecule has 1 aromatic rings. The Morgan fingerprint density at radius 2 is 2.50 bits per heavy atom. The van der Waals surface area contributed by atoms with E-state index >= 15 is 0 Å². The van der Waals surface area contributed by atoms with Crippen molar-refractivity contribution in [3.8, 4) is 0 Å². The number of hydrogen-bond acceptors (Lipinski definition) is 2. The normalized spacial score (nSPS) is 15.3.